The van der Waals surface area contributed by atoms with E-state index in [9.17, 15) is 13.6 Å². The van der Waals surface area contributed by atoms with Gasteiger partial charge in [0, 0.05) is 18.5 Å². The van der Waals surface area contributed by atoms with Gasteiger partial charge in [-0.25, -0.2) is 8.78 Å². The number of Topliss-reactive ketones (excluding diaryl/α,β-unsaturated/α-hetero) is 1. The van der Waals surface area contributed by atoms with Crippen molar-refractivity contribution in [1.82, 2.24) is 4.90 Å². The van der Waals surface area contributed by atoms with Crippen LogP contribution in [0, 0.1) is 17.6 Å². The highest BCUT2D eigenvalue weighted by Crippen LogP contribution is 2.42. The highest BCUT2D eigenvalue weighted by atomic mass is 19.1. The lowest BCUT2D eigenvalue weighted by atomic mass is 9.83. The molecule has 2 aliphatic rings. The van der Waals surface area contributed by atoms with E-state index in [0.717, 1.165) is 30.4 Å². The van der Waals surface area contributed by atoms with Crippen LogP contribution in [0.3, 0.4) is 0 Å². The lowest BCUT2D eigenvalue weighted by molar-refractivity contribution is -0.139. The van der Waals surface area contributed by atoms with Gasteiger partial charge in [0.1, 0.15) is 23.5 Å². The second-order valence-corrected chi connectivity index (χ2v) is 8.20. The van der Waals surface area contributed by atoms with Crippen LogP contribution in [0.5, 0.6) is 0 Å². The Balaban J connectivity index is 1.68. The molecule has 1 unspecified atom stereocenters. The van der Waals surface area contributed by atoms with Gasteiger partial charge in [0.2, 0.25) is 0 Å². The molecule has 0 spiro atoms. The highest BCUT2D eigenvalue weighted by molar-refractivity contribution is 5.82. The number of ether oxygens (including phenoxy) is 1. The third-order valence-electron chi connectivity index (χ3n) is 6.59. The van der Waals surface area contributed by atoms with Crippen LogP contribution in [0.1, 0.15) is 49.8 Å². The van der Waals surface area contributed by atoms with Crippen molar-refractivity contribution in [3.8, 4) is 0 Å². The van der Waals surface area contributed by atoms with Crippen molar-refractivity contribution in [3.05, 3.63) is 71.3 Å². The van der Waals surface area contributed by atoms with E-state index in [1.54, 1.807) is 24.3 Å². The zero-order chi connectivity index (χ0) is 20.5. The van der Waals surface area contributed by atoms with Gasteiger partial charge in [-0.2, -0.15) is 0 Å². The van der Waals surface area contributed by atoms with Crippen molar-refractivity contribution in [2.75, 3.05) is 7.05 Å². The van der Waals surface area contributed by atoms with E-state index in [0.29, 0.717) is 12.5 Å². The fourth-order valence-corrected chi connectivity index (χ4v) is 5.02. The largest absolute Gasteiger partial charge is 0.365 e. The molecule has 2 fully saturated rings. The van der Waals surface area contributed by atoms with Crippen molar-refractivity contribution in [3.63, 3.8) is 0 Å². The Bertz CT molecular complexity index is 807. The van der Waals surface area contributed by atoms with Crippen molar-refractivity contribution in [2.45, 2.75) is 56.9 Å². The van der Waals surface area contributed by atoms with Crippen LogP contribution in [-0.2, 0) is 9.53 Å². The summed E-state index contributed by atoms with van der Waals surface area (Å²) in [6.07, 6.45) is 2.67. The summed E-state index contributed by atoms with van der Waals surface area (Å²) in [4.78, 5) is 15.2. The van der Waals surface area contributed by atoms with E-state index in [1.165, 1.54) is 24.3 Å². The Morgan fingerprint density at radius 2 is 1.59 bits per heavy atom. The van der Waals surface area contributed by atoms with Crippen LogP contribution in [0.2, 0.25) is 0 Å². The van der Waals surface area contributed by atoms with Crippen LogP contribution in [0.4, 0.5) is 8.78 Å². The average molecular weight is 399 g/mol. The molecule has 4 rings (SSSR count). The summed E-state index contributed by atoms with van der Waals surface area (Å²) in [5.74, 6) is -0.581. The van der Waals surface area contributed by atoms with Crippen LogP contribution in [0.25, 0.3) is 0 Å². The predicted octanol–water partition coefficient (Wildman–Crippen LogP) is 4.90. The summed E-state index contributed by atoms with van der Waals surface area (Å²) in [6.45, 7) is 1.90. The molecule has 4 atom stereocenters. The SMILES string of the molecule is CCC(=O)[C@@H]1[C@H]2CCC(C[C@H]1OC(c1ccc(F)cc1)c1ccc(F)cc1)N2C. The Labute approximate surface area is 170 Å². The Morgan fingerprint density at radius 1 is 1.03 bits per heavy atom. The van der Waals surface area contributed by atoms with Crippen LogP contribution >= 0.6 is 0 Å². The number of rotatable bonds is 6. The van der Waals surface area contributed by atoms with Crippen LogP contribution in [0.15, 0.2) is 48.5 Å². The number of benzene rings is 2. The zero-order valence-corrected chi connectivity index (χ0v) is 16.9. The number of piperidine rings is 1. The first-order valence-electron chi connectivity index (χ1n) is 10.4. The minimum Gasteiger partial charge on any atom is -0.365 e. The van der Waals surface area contributed by atoms with E-state index >= 15 is 0 Å². The molecule has 2 aliphatic heterocycles. The molecule has 154 valence electrons. The monoisotopic (exact) mass is 399 g/mol. The molecule has 0 radical (unpaired) electrons. The minimum absolute atomic E-state index is 0.174. The average Bonchev–Trinajstić information content (AvgIpc) is 2.96. The number of hydrogen-bond acceptors (Lipinski definition) is 3. The standard InChI is InChI=1S/C24H27F2NO2/c1-3-21(28)23-20-13-12-19(27(20)2)14-22(23)29-24(15-4-8-17(25)9-5-15)16-6-10-18(26)11-7-16/h4-11,19-20,22-24H,3,12-14H2,1-2H3/t19?,20-,22-,23+/m1/s1. The van der Waals surface area contributed by atoms with Crippen molar-refractivity contribution in [1.29, 1.82) is 0 Å². The van der Waals surface area contributed by atoms with Gasteiger partial charge in [-0.1, -0.05) is 31.2 Å². The number of hydrogen-bond donors (Lipinski definition) is 0. The molecular weight excluding hydrogens is 372 g/mol. The van der Waals surface area contributed by atoms with Crippen molar-refractivity contribution >= 4 is 5.78 Å². The summed E-state index contributed by atoms with van der Waals surface area (Å²) < 4.78 is 33.6. The first kappa shape index (κ1) is 20.2. The first-order valence-corrected chi connectivity index (χ1v) is 10.4. The fourth-order valence-electron chi connectivity index (χ4n) is 5.02. The number of carbonyl (C=O) groups is 1. The number of ketones is 1. The number of carbonyl (C=O) groups excluding carboxylic acids is 1. The Hall–Kier alpha value is -2.11. The number of nitrogens with zero attached hydrogens (tertiary/aromatic N) is 1. The zero-order valence-electron chi connectivity index (χ0n) is 16.9. The molecule has 5 heteroatoms. The van der Waals surface area contributed by atoms with Crippen molar-refractivity contribution < 1.29 is 18.3 Å². The van der Waals surface area contributed by atoms with Gasteiger partial charge < -0.3 is 4.74 Å². The smallest absolute Gasteiger partial charge is 0.139 e. The number of fused-ring (bicyclic) bond motifs is 2. The van der Waals surface area contributed by atoms with Gasteiger partial charge in [-0.15, -0.1) is 0 Å². The predicted molar refractivity (Wildman–Crippen MR) is 107 cm³/mol. The molecule has 0 saturated carbocycles. The van der Waals surface area contributed by atoms with Crippen molar-refractivity contribution in [2.24, 2.45) is 5.92 Å². The summed E-state index contributed by atoms with van der Waals surface area (Å²) in [5, 5.41) is 0. The van der Waals surface area contributed by atoms with Gasteiger partial charge in [0.05, 0.1) is 12.0 Å². The maximum absolute atomic E-state index is 13.5. The molecule has 29 heavy (non-hydrogen) atoms. The van der Waals surface area contributed by atoms with E-state index in [2.05, 4.69) is 11.9 Å². The highest BCUT2D eigenvalue weighted by Gasteiger charge is 2.49. The normalized spacial score (nSPS) is 26.8. The van der Waals surface area contributed by atoms with Crippen LogP contribution < -0.4 is 0 Å². The minimum atomic E-state index is -0.476. The molecule has 0 aliphatic carbocycles. The molecule has 0 N–H and O–H groups in total. The fraction of sp³-hybridized carbons (Fsp3) is 0.458. The Kier molecular flexibility index (Phi) is 5.79. The molecule has 2 aromatic rings. The maximum Gasteiger partial charge on any atom is 0.139 e. The van der Waals surface area contributed by atoms with E-state index in [1.807, 2.05) is 6.92 Å². The van der Waals surface area contributed by atoms with E-state index < -0.39 is 6.10 Å². The summed E-state index contributed by atoms with van der Waals surface area (Å²) in [5.41, 5.74) is 1.60. The topological polar surface area (TPSA) is 29.5 Å². The second kappa shape index (κ2) is 8.33. The van der Waals surface area contributed by atoms with Gasteiger partial charge in [0.15, 0.2) is 0 Å². The molecular formula is C24H27F2NO2. The second-order valence-electron chi connectivity index (χ2n) is 8.20. The molecule has 2 saturated heterocycles. The molecule has 2 heterocycles. The quantitative estimate of drug-likeness (QED) is 0.692. The van der Waals surface area contributed by atoms with Gasteiger partial charge >= 0.3 is 0 Å². The summed E-state index contributed by atoms with van der Waals surface area (Å²) >= 11 is 0. The molecule has 2 aromatic carbocycles. The number of halogens is 2. The molecule has 0 aromatic heterocycles. The van der Waals surface area contributed by atoms with E-state index in [4.69, 9.17) is 4.74 Å². The third-order valence-corrected chi connectivity index (χ3v) is 6.59. The lowest BCUT2D eigenvalue weighted by Crippen LogP contribution is -2.53. The summed E-state index contributed by atoms with van der Waals surface area (Å²) in [7, 11) is 2.10. The molecule has 0 amide bonds. The maximum atomic E-state index is 13.5. The lowest BCUT2D eigenvalue weighted by Gasteiger charge is -2.43. The first-order chi connectivity index (χ1) is 14.0. The van der Waals surface area contributed by atoms with Gasteiger partial charge in [-0.05, 0) is 61.7 Å². The Morgan fingerprint density at radius 3 is 2.10 bits per heavy atom. The van der Waals surface area contributed by atoms with Crippen LogP contribution in [-0.4, -0.2) is 35.9 Å². The molecule has 2 bridgehead atoms. The molecule has 3 nitrogen and oxygen atoms in total. The summed E-state index contributed by atoms with van der Waals surface area (Å²) in [6, 6.07) is 13.0. The van der Waals surface area contributed by atoms with E-state index in [-0.39, 0.29) is 35.5 Å². The van der Waals surface area contributed by atoms with Gasteiger partial charge in [0.25, 0.3) is 0 Å². The van der Waals surface area contributed by atoms with Gasteiger partial charge in [-0.3, -0.25) is 9.69 Å². The third kappa shape index (κ3) is 3.99.